The van der Waals surface area contributed by atoms with E-state index in [9.17, 15) is 14.7 Å². The van der Waals surface area contributed by atoms with Crippen LogP contribution in [-0.2, 0) is 4.79 Å². The Kier molecular flexibility index (Phi) is 5.48. The van der Waals surface area contributed by atoms with Crippen LogP contribution in [0.1, 0.15) is 36.0 Å². The van der Waals surface area contributed by atoms with Crippen molar-refractivity contribution in [2.24, 2.45) is 11.8 Å². The molecule has 0 heterocycles. The van der Waals surface area contributed by atoms with E-state index in [1.807, 2.05) is 0 Å². The molecule has 1 aromatic rings. The zero-order valence-corrected chi connectivity index (χ0v) is 13.0. The first-order chi connectivity index (χ1) is 10.0. The number of aliphatic carboxylic acids is 1. The summed E-state index contributed by atoms with van der Waals surface area (Å²) in [5.41, 5.74) is 0.239. The molecule has 0 aromatic heterocycles. The molecule has 1 aliphatic carbocycles. The third-order valence-corrected chi connectivity index (χ3v) is 4.57. The number of rotatable bonds is 4. The minimum atomic E-state index is -0.787. The van der Waals surface area contributed by atoms with Gasteiger partial charge >= 0.3 is 5.97 Å². The number of carboxylic acids is 1. The van der Waals surface area contributed by atoms with Crippen molar-refractivity contribution in [3.8, 4) is 0 Å². The highest BCUT2D eigenvalue weighted by atomic mass is 35.5. The first-order valence-corrected chi connectivity index (χ1v) is 7.71. The molecule has 0 bridgehead atoms. The van der Waals surface area contributed by atoms with Crippen molar-refractivity contribution in [3.63, 3.8) is 0 Å². The highest BCUT2D eigenvalue weighted by molar-refractivity contribution is 6.39. The number of carboxylic acid groups (broad SMARTS) is 1. The number of benzene rings is 1. The molecule has 21 heavy (non-hydrogen) atoms. The van der Waals surface area contributed by atoms with Crippen LogP contribution in [0, 0.1) is 11.8 Å². The second-order valence-corrected chi connectivity index (χ2v) is 6.11. The number of carbonyl (C=O) groups excluding carboxylic acids is 1. The molecule has 2 unspecified atom stereocenters. The molecule has 2 atom stereocenters. The number of halogens is 2. The highest BCUT2D eigenvalue weighted by Crippen LogP contribution is 2.30. The molecule has 0 saturated heterocycles. The van der Waals surface area contributed by atoms with Gasteiger partial charge in [-0.2, -0.15) is 0 Å². The normalized spacial score (nSPS) is 21.8. The predicted molar refractivity (Wildman–Crippen MR) is 81.9 cm³/mol. The third-order valence-electron chi connectivity index (χ3n) is 3.94. The van der Waals surface area contributed by atoms with Crippen LogP contribution in [0.2, 0.25) is 10.0 Å². The number of amides is 1. The van der Waals surface area contributed by atoms with Crippen molar-refractivity contribution in [1.82, 2.24) is 5.32 Å². The molecule has 0 aliphatic heterocycles. The average Bonchev–Trinajstić information content (AvgIpc) is 2.45. The molecule has 4 nitrogen and oxygen atoms in total. The Morgan fingerprint density at radius 1 is 1.19 bits per heavy atom. The Balaban J connectivity index is 2.02. The summed E-state index contributed by atoms with van der Waals surface area (Å²) >= 11 is 12.0. The second kappa shape index (κ2) is 7.14. The van der Waals surface area contributed by atoms with Crippen LogP contribution in [0.15, 0.2) is 18.2 Å². The Morgan fingerprint density at radius 2 is 1.81 bits per heavy atom. The number of hydrogen-bond donors (Lipinski definition) is 2. The summed E-state index contributed by atoms with van der Waals surface area (Å²) in [7, 11) is 0. The van der Waals surface area contributed by atoms with Crippen molar-refractivity contribution in [2.75, 3.05) is 6.54 Å². The molecule has 1 saturated carbocycles. The van der Waals surface area contributed by atoms with Gasteiger partial charge in [-0.25, -0.2) is 0 Å². The first-order valence-electron chi connectivity index (χ1n) is 6.95. The van der Waals surface area contributed by atoms with Crippen LogP contribution in [0.4, 0.5) is 0 Å². The Labute approximate surface area is 133 Å². The maximum absolute atomic E-state index is 12.2. The van der Waals surface area contributed by atoms with Crippen molar-refractivity contribution >= 4 is 35.1 Å². The molecule has 114 valence electrons. The summed E-state index contributed by atoms with van der Waals surface area (Å²) in [5.74, 6) is -1.58. The van der Waals surface area contributed by atoms with Gasteiger partial charge < -0.3 is 10.4 Å². The summed E-state index contributed by atoms with van der Waals surface area (Å²) in [6.07, 6.45) is 3.41. The van der Waals surface area contributed by atoms with Gasteiger partial charge in [-0.05, 0) is 30.9 Å². The van der Waals surface area contributed by atoms with Gasteiger partial charge in [0, 0.05) is 6.54 Å². The van der Waals surface area contributed by atoms with Gasteiger partial charge in [-0.15, -0.1) is 0 Å². The highest BCUT2D eigenvalue weighted by Gasteiger charge is 2.31. The molecular weight excluding hydrogens is 313 g/mol. The van der Waals surface area contributed by atoms with Gasteiger partial charge in [-0.3, -0.25) is 9.59 Å². The van der Waals surface area contributed by atoms with Crippen LogP contribution < -0.4 is 5.32 Å². The van der Waals surface area contributed by atoms with Crippen LogP contribution >= 0.6 is 23.2 Å². The maximum atomic E-state index is 12.2. The fourth-order valence-corrected chi connectivity index (χ4v) is 3.37. The van der Waals surface area contributed by atoms with E-state index >= 15 is 0 Å². The molecule has 0 radical (unpaired) electrons. The molecule has 1 fully saturated rings. The minimum absolute atomic E-state index is 0.0403. The van der Waals surface area contributed by atoms with Crippen LogP contribution in [0.5, 0.6) is 0 Å². The van der Waals surface area contributed by atoms with E-state index in [0.29, 0.717) is 23.0 Å². The molecule has 2 N–H and O–H groups in total. The number of carbonyl (C=O) groups is 2. The number of nitrogens with one attached hydrogen (secondary N) is 1. The van der Waals surface area contributed by atoms with Crippen LogP contribution in [0.3, 0.4) is 0 Å². The Morgan fingerprint density at radius 3 is 2.43 bits per heavy atom. The fourth-order valence-electron chi connectivity index (χ4n) is 2.80. The summed E-state index contributed by atoms with van der Waals surface area (Å²) in [6, 6.07) is 4.87. The van der Waals surface area contributed by atoms with Crippen molar-refractivity contribution in [2.45, 2.75) is 25.7 Å². The van der Waals surface area contributed by atoms with Crippen LogP contribution in [0.25, 0.3) is 0 Å². The molecular formula is C15H17Cl2NO3. The summed E-state index contributed by atoms with van der Waals surface area (Å²) in [6.45, 7) is 0.331. The fraction of sp³-hybridized carbons (Fsp3) is 0.467. The average molecular weight is 330 g/mol. The molecule has 0 spiro atoms. The summed E-state index contributed by atoms with van der Waals surface area (Å²) in [5, 5.41) is 12.6. The second-order valence-electron chi connectivity index (χ2n) is 5.30. The van der Waals surface area contributed by atoms with Gasteiger partial charge in [0.05, 0.1) is 21.5 Å². The monoisotopic (exact) mass is 329 g/mol. The minimum Gasteiger partial charge on any atom is -0.481 e. The largest absolute Gasteiger partial charge is 0.481 e. The van der Waals surface area contributed by atoms with Gasteiger partial charge in [0.25, 0.3) is 5.91 Å². The predicted octanol–water partition coefficient (Wildman–Crippen LogP) is 3.61. The van der Waals surface area contributed by atoms with E-state index < -0.39 is 5.97 Å². The molecule has 1 aromatic carbocycles. The third kappa shape index (κ3) is 3.89. The quantitative estimate of drug-likeness (QED) is 0.886. The smallest absolute Gasteiger partial charge is 0.306 e. The van der Waals surface area contributed by atoms with E-state index in [4.69, 9.17) is 23.2 Å². The van der Waals surface area contributed by atoms with Gasteiger partial charge in [0.2, 0.25) is 0 Å². The zero-order valence-electron chi connectivity index (χ0n) is 11.4. The Bertz CT molecular complexity index is 527. The van der Waals surface area contributed by atoms with Crippen molar-refractivity contribution in [1.29, 1.82) is 0 Å². The topological polar surface area (TPSA) is 66.4 Å². The van der Waals surface area contributed by atoms with Crippen molar-refractivity contribution in [3.05, 3.63) is 33.8 Å². The Hall–Kier alpha value is -1.26. The molecule has 1 amide bonds. The van der Waals surface area contributed by atoms with Gasteiger partial charge in [-0.1, -0.05) is 42.1 Å². The van der Waals surface area contributed by atoms with Crippen molar-refractivity contribution < 1.29 is 14.7 Å². The lowest BCUT2D eigenvalue weighted by atomic mass is 9.79. The lowest BCUT2D eigenvalue weighted by molar-refractivity contribution is -0.144. The lowest BCUT2D eigenvalue weighted by Crippen LogP contribution is -2.37. The molecule has 6 heteroatoms. The van der Waals surface area contributed by atoms with Crippen LogP contribution in [-0.4, -0.2) is 23.5 Å². The summed E-state index contributed by atoms with van der Waals surface area (Å²) in [4.78, 5) is 23.4. The molecule has 2 rings (SSSR count). The van der Waals surface area contributed by atoms with E-state index in [1.165, 1.54) is 0 Å². The SMILES string of the molecule is O=C(NCC1CCCCC1C(=O)O)c1c(Cl)cccc1Cl. The van der Waals surface area contributed by atoms with E-state index in [2.05, 4.69) is 5.32 Å². The van der Waals surface area contributed by atoms with Gasteiger partial charge in [0.15, 0.2) is 0 Å². The number of hydrogen-bond acceptors (Lipinski definition) is 2. The first kappa shape index (κ1) is 16.1. The maximum Gasteiger partial charge on any atom is 0.306 e. The lowest BCUT2D eigenvalue weighted by Gasteiger charge is -2.28. The standard InChI is InChI=1S/C15H17Cl2NO3/c16-11-6-3-7-12(17)13(11)14(19)18-8-9-4-1-2-5-10(9)15(20)21/h3,6-7,9-10H,1-2,4-5,8H2,(H,18,19)(H,20,21). The zero-order chi connectivity index (χ0) is 15.4. The van der Waals surface area contributed by atoms with E-state index in [1.54, 1.807) is 18.2 Å². The van der Waals surface area contributed by atoms with Gasteiger partial charge in [0.1, 0.15) is 0 Å². The van der Waals surface area contributed by atoms with E-state index in [0.717, 1.165) is 19.3 Å². The summed E-state index contributed by atoms with van der Waals surface area (Å²) < 4.78 is 0. The van der Waals surface area contributed by atoms with E-state index in [-0.39, 0.29) is 23.3 Å². The molecule has 1 aliphatic rings.